The molecule has 1 heterocycles. The number of aryl methyl sites for hydroxylation is 2. The van der Waals surface area contributed by atoms with Gasteiger partial charge in [-0.1, -0.05) is 38.1 Å². The monoisotopic (exact) mass is 364 g/mol. The number of hydrogen-bond acceptors (Lipinski definition) is 3. The largest absolute Gasteiger partial charge is 0.505 e. The van der Waals surface area contributed by atoms with Crippen molar-refractivity contribution in [3.8, 4) is 16.9 Å². The molecule has 0 bridgehead atoms. The Bertz CT molecular complexity index is 609. The van der Waals surface area contributed by atoms with E-state index in [1.165, 1.54) is 10.9 Å². The van der Waals surface area contributed by atoms with E-state index in [0.717, 1.165) is 11.1 Å². The Morgan fingerprint density at radius 3 is 2.33 bits per heavy atom. The van der Waals surface area contributed by atoms with E-state index < -0.39 is 0 Å². The summed E-state index contributed by atoms with van der Waals surface area (Å²) in [5, 5.41) is 13.7. The average Bonchev–Trinajstić information content (AvgIpc) is 2.43. The molecular formula is C16H23N2O2Y-. The SMILES string of the molecule is CC.CCn1ncc(O)c(-c2ccccc2C)c1=O.[CH3-].[Y]. The molecule has 2 aromatic rings. The first-order chi connectivity index (χ1) is 9.15. The fourth-order valence-corrected chi connectivity index (χ4v) is 1.81. The number of aromatic nitrogens is 2. The Morgan fingerprint density at radius 1 is 1.24 bits per heavy atom. The number of hydrogen-bond donors (Lipinski definition) is 1. The van der Waals surface area contributed by atoms with Crippen LogP contribution in [0.15, 0.2) is 35.3 Å². The zero-order valence-electron chi connectivity index (χ0n) is 13.4. The molecule has 1 aromatic carbocycles. The fraction of sp³-hybridized carbons (Fsp3) is 0.312. The van der Waals surface area contributed by atoms with Crippen molar-refractivity contribution < 1.29 is 37.8 Å². The molecule has 1 aromatic heterocycles. The maximum atomic E-state index is 12.1. The Balaban J connectivity index is 0. The summed E-state index contributed by atoms with van der Waals surface area (Å²) in [7, 11) is 0. The first-order valence-corrected chi connectivity index (χ1v) is 6.50. The summed E-state index contributed by atoms with van der Waals surface area (Å²) in [5.74, 6) is -0.0750. The predicted molar refractivity (Wildman–Crippen MR) is 83.8 cm³/mol. The van der Waals surface area contributed by atoms with E-state index in [2.05, 4.69) is 5.10 Å². The minimum absolute atomic E-state index is 0. The summed E-state index contributed by atoms with van der Waals surface area (Å²) >= 11 is 0. The van der Waals surface area contributed by atoms with Crippen molar-refractivity contribution in [3.63, 3.8) is 0 Å². The number of aromatic hydroxyl groups is 1. The van der Waals surface area contributed by atoms with Crippen LogP contribution in [-0.4, -0.2) is 14.9 Å². The van der Waals surface area contributed by atoms with E-state index in [9.17, 15) is 9.90 Å². The van der Waals surface area contributed by atoms with Crippen molar-refractivity contribution in [1.29, 1.82) is 0 Å². The predicted octanol–water partition coefficient (Wildman–Crippen LogP) is 3.42. The first kappa shape index (κ1) is 22.3. The van der Waals surface area contributed by atoms with Crippen LogP contribution in [0.3, 0.4) is 0 Å². The molecule has 0 aliphatic rings. The molecule has 5 heteroatoms. The molecule has 2 rings (SSSR count). The molecule has 0 fully saturated rings. The van der Waals surface area contributed by atoms with E-state index in [4.69, 9.17) is 0 Å². The molecule has 0 saturated heterocycles. The van der Waals surface area contributed by atoms with Crippen molar-refractivity contribution in [2.75, 3.05) is 0 Å². The van der Waals surface area contributed by atoms with Crippen LogP contribution in [-0.2, 0) is 39.3 Å². The first-order valence-electron chi connectivity index (χ1n) is 6.50. The van der Waals surface area contributed by atoms with Crippen LogP contribution in [0, 0.1) is 14.4 Å². The van der Waals surface area contributed by atoms with Crippen molar-refractivity contribution in [1.82, 2.24) is 9.78 Å². The van der Waals surface area contributed by atoms with Crippen molar-refractivity contribution in [2.24, 2.45) is 0 Å². The molecule has 0 aliphatic heterocycles. The second kappa shape index (κ2) is 10.7. The Morgan fingerprint density at radius 2 is 1.81 bits per heavy atom. The van der Waals surface area contributed by atoms with E-state index in [1.807, 2.05) is 52.0 Å². The normalized spacial score (nSPS) is 8.76. The van der Waals surface area contributed by atoms with Crippen molar-refractivity contribution in [2.45, 2.75) is 34.2 Å². The van der Waals surface area contributed by atoms with Gasteiger partial charge in [0.2, 0.25) is 0 Å². The van der Waals surface area contributed by atoms with E-state index in [-0.39, 0.29) is 51.4 Å². The summed E-state index contributed by atoms with van der Waals surface area (Å²) < 4.78 is 1.33. The van der Waals surface area contributed by atoms with Gasteiger partial charge < -0.3 is 12.5 Å². The average molecular weight is 364 g/mol. The minimum Gasteiger partial charge on any atom is -0.505 e. The topological polar surface area (TPSA) is 55.1 Å². The minimum atomic E-state index is -0.262. The molecule has 0 unspecified atom stereocenters. The van der Waals surface area contributed by atoms with Gasteiger partial charge in [-0.3, -0.25) is 4.79 Å². The van der Waals surface area contributed by atoms with Gasteiger partial charge in [0.25, 0.3) is 5.56 Å². The van der Waals surface area contributed by atoms with Crippen LogP contribution in [0.1, 0.15) is 26.3 Å². The summed E-state index contributed by atoms with van der Waals surface area (Å²) in [5.41, 5.74) is 1.76. The van der Waals surface area contributed by atoms with Gasteiger partial charge in [0.15, 0.2) is 0 Å². The standard InChI is InChI=1S/C13H14N2O2.C2H6.CH3.Y/c1-3-15-13(17)12(11(16)8-14-15)10-7-5-4-6-9(10)2;1-2;;/h4-8,16H,3H2,1-2H3;1-2H3;1H3;/q;;-1;. The summed E-state index contributed by atoms with van der Waals surface area (Å²) in [6.45, 7) is 8.23. The van der Waals surface area contributed by atoms with Gasteiger partial charge in [0.05, 0.1) is 11.8 Å². The van der Waals surface area contributed by atoms with Gasteiger partial charge in [-0.2, -0.15) is 5.10 Å². The van der Waals surface area contributed by atoms with Gasteiger partial charge >= 0.3 is 0 Å². The fourth-order valence-electron chi connectivity index (χ4n) is 1.81. The molecule has 0 aliphatic carbocycles. The van der Waals surface area contributed by atoms with E-state index >= 15 is 0 Å². The molecule has 0 amide bonds. The van der Waals surface area contributed by atoms with E-state index in [0.29, 0.717) is 12.1 Å². The van der Waals surface area contributed by atoms with Crippen LogP contribution >= 0.6 is 0 Å². The second-order valence-electron chi connectivity index (χ2n) is 3.84. The third-order valence-electron chi connectivity index (χ3n) is 2.74. The van der Waals surface area contributed by atoms with Gasteiger partial charge in [0, 0.05) is 39.3 Å². The number of nitrogens with zero attached hydrogens (tertiary/aromatic N) is 2. The van der Waals surface area contributed by atoms with Crippen molar-refractivity contribution in [3.05, 3.63) is 53.8 Å². The summed E-state index contributed by atoms with van der Waals surface area (Å²) in [6, 6.07) is 7.48. The molecule has 0 spiro atoms. The second-order valence-corrected chi connectivity index (χ2v) is 3.84. The number of benzene rings is 1. The number of rotatable bonds is 2. The zero-order chi connectivity index (χ0) is 14.4. The van der Waals surface area contributed by atoms with Gasteiger partial charge in [-0.05, 0) is 25.0 Å². The quantitative estimate of drug-likeness (QED) is 0.831. The van der Waals surface area contributed by atoms with Gasteiger partial charge in [0.1, 0.15) is 5.75 Å². The molecule has 113 valence electrons. The van der Waals surface area contributed by atoms with Crippen LogP contribution in [0.25, 0.3) is 11.1 Å². The third-order valence-corrected chi connectivity index (χ3v) is 2.74. The van der Waals surface area contributed by atoms with Gasteiger partial charge in [-0.25, -0.2) is 4.68 Å². The Labute approximate surface area is 152 Å². The molecular weight excluding hydrogens is 341 g/mol. The van der Waals surface area contributed by atoms with E-state index in [1.54, 1.807) is 0 Å². The van der Waals surface area contributed by atoms with Crippen LogP contribution in [0.2, 0.25) is 0 Å². The van der Waals surface area contributed by atoms with Crippen LogP contribution < -0.4 is 5.56 Å². The smallest absolute Gasteiger partial charge is 0.278 e. The zero-order valence-corrected chi connectivity index (χ0v) is 16.3. The molecule has 1 N–H and O–H groups in total. The van der Waals surface area contributed by atoms with Crippen LogP contribution in [0.4, 0.5) is 0 Å². The maximum Gasteiger partial charge on any atom is 0.278 e. The Kier molecular flexibility index (Phi) is 11.3. The molecule has 0 atom stereocenters. The molecule has 1 radical (unpaired) electrons. The van der Waals surface area contributed by atoms with Gasteiger partial charge in [-0.15, -0.1) is 0 Å². The summed E-state index contributed by atoms with van der Waals surface area (Å²) in [6.07, 6.45) is 1.31. The van der Waals surface area contributed by atoms with Crippen molar-refractivity contribution >= 4 is 0 Å². The Hall–Kier alpha value is -0.996. The summed E-state index contributed by atoms with van der Waals surface area (Å²) in [4.78, 5) is 12.1. The molecule has 21 heavy (non-hydrogen) atoms. The maximum absolute atomic E-state index is 12.1. The van der Waals surface area contributed by atoms with Crippen LogP contribution in [0.5, 0.6) is 5.75 Å². The molecule has 4 nitrogen and oxygen atoms in total. The molecule has 0 saturated carbocycles. The third kappa shape index (κ3) is 5.04.